The Balaban J connectivity index is 1.33. The molecule has 0 unspecified atom stereocenters. The van der Waals surface area contributed by atoms with Crippen LogP contribution in [-0.2, 0) is 22.6 Å². The van der Waals surface area contributed by atoms with Crippen molar-refractivity contribution in [1.29, 1.82) is 0 Å². The lowest BCUT2D eigenvalue weighted by Crippen LogP contribution is -2.56. The van der Waals surface area contributed by atoms with Crippen LogP contribution in [0.4, 0.5) is 4.79 Å². The second-order valence-electron chi connectivity index (χ2n) is 9.60. The van der Waals surface area contributed by atoms with Crippen LogP contribution < -0.4 is 0 Å². The minimum Gasteiger partial charge on any atom is -0.464 e. The maximum absolute atomic E-state index is 13.8. The number of urea groups is 1. The minimum absolute atomic E-state index is 0.0654. The second-order valence-corrected chi connectivity index (χ2v) is 9.60. The van der Waals surface area contributed by atoms with Crippen molar-refractivity contribution in [2.45, 2.75) is 37.9 Å². The normalized spacial score (nSPS) is 17.9. The van der Waals surface area contributed by atoms with E-state index in [-0.39, 0.29) is 11.9 Å². The quantitative estimate of drug-likeness (QED) is 0.321. The van der Waals surface area contributed by atoms with E-state index in [1.165, 1.54) is 10.5 Å². The van der Waals surface area contributed by atoms with Crippen LogP contribution in [0.5, 0.6) is 0 Å². The molecule has 0 N–H and O–H groups in total. The van der Waals surface area contributed by atoms with Crippen molar-refractivity contribution in [1.82, 2.24) is 14.7 Å². The molecular formula is C29H33N3O4. The van der Waals surface area contributed by atoms with Gasteiger partial charge >= 0.3 is 6.03 Å². The molecule has 3 aromatic rings. The third-order valence-corrected chi connectivity index (χ3v) is 7.42. The van der Waals surface area contributed by atoms with Crippen molar-refractivity contribution < 1.29 is 18.7 Å². The Morgan fingerprint density at radius 2 is 1.67 bits per heavy atom. The van der Waals surface area contributed by atoms with Crippen LogP contribution in [0.3, 0.4) is 0 Å². The van der Waals surface area contributed by atoms with E-state index in [0.717, 1.165) is 36.5 Å². The summed E-state index contributed by atoms with van der Waals surface area (Å²) in [4.78, 5) is 33.0. The average Bonchev–Trinajstić information content (AvgIpc) is 3.51. The average molecular weight is 488 g/mol. The molecule has 7 nitrogen and oxygen atoms in total. The monoisotopic (exact) mass is 487 g/mol. The number of likely N-dealkylation sites (tertiary alicyclic amines) is 1. The summed E-state index contributed by atoms with van der Waals surface area (Å²) in [5.74, 6) is 0.793. The third kappa shape index (κ3) is 4.68. The minimum atomic E-state index is -0.781. The molecule has 2 aliphatic heterocycles. The molecule has 0 aliphatic carbocycles. The van der Waals surface area contributed by atoms with Crippen molar-refractivity contribution >= 4 is 11.9 Å². The molecule has 7 heteroatoms. The molecule has 2 fully saturated rings. The number of nitrogens with zero attached hydrogens (tertiary/aromatic N) is 3. The number of amides is 3. The first kappa shape index (κ1) is 24.3. The van der Waals surface area contributed by atoms with Crippen LogP contribution in [0.2, 0.25) is 0 Å². The molecule has 5 rings (SSSR count). The van der Waals surface area contributed by atoms with Gasteiger partial charge in [-0.3, -0.25) is 14.6 Å². The van der Waals surface area contributed by atoms with Gasteiger partial charge < -0.3 is 14.1 Å². The smallest absolute Gasteiger partial charge is 0.327 e. The fourth-order valence-corrected chi connectivity index (χ4v) is 5.50. The van der Waals surface area contributed by atoms with Crippen molar-refractivity contribution in [3.8, 4) is 11.3 Å². The molecule has 2 aliphatic rings. The number of methoxy groups -OCH3 is 1. The van der Waals surface area contributed by atoms with E-state index >= 15 is 0 Å². The summed E-state index contributed by atoms with van der Waals surface area (Å²) in [7, 11) is 1.66. The Hall–Kier alpha value is -3.42. The number of carbonyl (C=O) groups excluding carboxylic acids is 2. The lowest BCUT2D eigenvalue weighted by Gasteiger charge is -2.42. The number of imide groups is 1. The number of piperidine rings is 1. The highest BCUT2D eigenvalue weighted by atomic mass is 16.5. The lowest BCUT2D eigenvalue weighted by molar-refractivity contribution is -0.136. The Labute approximate surface area is 212 Å². The number of hydrogen-bond donors (Lipinski definition) is 0. The van der Waals surface area contributed by atoms with Gasteiger partial charge in [-0.15, -0.1) is 0 Å². The molecule has 0 atom stereocenters. The molecule has 188 valence electrons. The number of furan rings is 1. The Morgan fingerprint density at radius 3 is 2.39 bits per heavy atom. The van der Waals surface area contributed by atoms with Gasteiger partial charge in [-0.25, -0.2) is 4.79 Å². The second kappa shape index (κ2) is 10.7. The highest BCUT2D eigenvalue weighted by Gasteiger charge is 2.57. The predicted molar refractivity (Wildman–Crippen MR) is 137 cm³/mol. The zero-order chi connectivity index (χ0) is 25.0. The molecule has 1 spiro atoms. The summed E-state index contributed by atoms with van der Waals surface area (Å²) in [6, 6.07) is 21.7. The molecule has 3 amide bonds. The molecule has 1 aromatic heterocycles. The van der Waals surface area contributed by atoms with Gasteiger partial charge in [0.25, 0.3) is 5.91 Å². The van der Waals surface area contributed by atoms with Gasteiger partial charge in [0, 0.05) is 45.5 Å². The van der Waals surface area contributed by atoms with Gasteiger partial charge in [-0.2, -0.15) is 0 Å². The molecule has 36 heavy (non-hydrogen) atoms. The van der Waals surface area contributed by atoms with Crippen molar-refractivity contribution in [2.24, 2.45) is 0 Å². The lowest BCUT2D eigenvalue weighted by atomic mass is 9.85. The zero-order valence-electron chi connectivity index (χ0n) is 20.8. The molecule has 0 bridgehead atoms. The fraction of sp³-hybridized carbons (Fsp3) is 0.379. The molecule has 0 saturated carbocycles. The maximum atomic E-state index is 13.8. The van der Waals surface area contributed by atoms with E-state index in [2.05, 4.69) is 17.0 Å². The first-order chi connectivity index (χ1) is 17.6. The summed E-state index contributed by atoms with van der Waals surface area (Å²) in [5.41, 5.74) is 2.46. The third-order valence-electron chi connectivity index (χ3n) is 7.42. The van der Waals surface area contributed by atoms with Crippen LogP contribution in [0.25, 0.3) is 11.3 Å². The number of hydrogen-bond acceptors (Lipinski definition) is 5. The van der Waals surface area contributed by atoms with E-state index in [0.29, 0.717) is 39.0 Å². The highest BCUT2D eigenvalue weighted by molar-refractivity contribution is 6.07. The fourth-order valence-electron chi connectivity index (χ4n) is 5.50. The Morgan fingerprint density at radius 1 is 0.917 bits per heavy atom. The van der Waals surface area contributed by atoms with Crippen LogP contribution in [0.1, 0.15) is 30.4 Å². The first-order valence-corrected chi connectivity index (χ1v) is 12.6. The van der Waals surface area contributed by atoms with E-state index in [1.807, 2.05) is 59.5 Å². The summed E-state index contributed by atoms with van der Waals surface area (Å²) >= 11 is 0. The van der Waals surface area contributed by atoms with Crippen LogP contribution in [0, 0.1) is 0 Å². The topological polar surface area (TPSA) is 66.2 Å². The van der Waals surface area contributed by atoms with E-state index < -0.39 is 5.54 Å². The SMILES string of the molecule is COCCCN1C(=O)N(Cc2ccccc2)C(=O)C12CCN(Cc1ccccc1-c1ccco1)CC2. The Bertz CT molecular complexity index is 1170. The molecular weight excluding hydrogens is 454 g/mol. The number of benzene rings is 2. The Kier molecular flexibility index (Phi) is 7.20. The van der Waals surface area contributed by atoms with Crippen LogP contribution in [0.15, 0.2) is 77.4 Å². The summed E-state index contributed by atoms with van der Waals surface area (Å²) < 4.78 is 10.9. The van der Waals surface area contributed by atoms with E-state index in [9.17, 15) is 9.59 Å². The van der Waals surface area contributed by atoms with Gasteiger partial charge in [-0.1, -0.05) is 54.6 Å². The molecule has 0 radical (unpaired) electrons. The van der Waals surface area contributed by atoms with Gasteiger partial charge in [0.05, 0.1) is 12.8 Å². The summed E-state index contributed by atoms with van der Waals surface area (Å²) in [6.45, 7) is 3.64. The molecule has 2 aromatic carbocycles. The van der Waals surface area contributed by atoms with Crippen LogP contribution >= 0.6 is 0 Å². The zero-order valence-corrected chi connectivity index (χ0v) is 20.8. The van der Waals surface area contributed by atoms with Crippen molar-refractivity contribution in [3.63, 3.8) is 0 Å². The predicted octanol–water partition coefficient (Wildman–Crippen LogP) is 4.78. The number of carbonyl (C=O) groups is 2. The maximum Gasteiger partial charge on any atom is 0.327 e. The van der Waals surface area contributed by atoms with Crippen LogP contribution in [-0.4, -0.2) is 65.5 Å². The largest absolute Gasteiger partial charge is 0.464 e. The first-order valence-electron chi connectivity index (χ1n) is 12.6. The van der Waals surface area contributed by atoms with Gasteiger partial charge in [0.2, 0.25) is 0 Å². The van der Waals surface area contributed by atoms with Crippen molar-refractivity contribution in [3.05, 3.63) is 84.1 Å². The van der Waals surface area contributed by atoms with E-state index in [4.69, 9.17) is 9.15 Å². The molecule has 3 heterocycles. The van der Waals surface area contributed by atoms with E-state index in [1.54, 1.807) is 13.4 Å². The van der Waals surface area contributed by atoms with Crippen molar-refractivity contribution in [2.75, 3.05) is 33.4 Å². The van der Waals surface area contributed by atoms with Gasteiger partial charge in [-0.05, 0) is 42.5 Å². The summed E-state index contributed by atoms with van der Waals surface area (Å²) in [6.07, 6.45) is 3.65. The summed E-state index contributed by atoms with van der Waals surface area (Å²) in [5, 5.41) is 0. The van der Waals surface area contributed by atoms with Gasteiger partial charge in [0.1, 0.15) is 11.3 Å². The standard InChI is InChI=1S/C29H33N3O4/c1-35-19-8-16-32-28(34)31(21-23-9-3-2-4-10-23)27(33)29(32)14-17-30(18-15-29)22-24-11-5-6-12-25(24)26-13-7-20-36-26/h2-7,9-13,20H,8,14-19,21-22H2,1H3. The van der Waals surface area contributed by atoms with Gasteiger partial charge in [0.15, 0.2) is 0 Å². The highest BCUT2D eigenvalue weighted by Crippen LogP contribution is 2.39. The molecule has 2 saturated heterocycles. The number of ether oxygens (including phenoxy) is 1. The number of rotatable bonds is 9.